The number of hydrogen-bond acceptors (Lipinski definition) is 2. The second-order valence-corrected chi connectivity index (χ2v) is 3.21. The summed E-state index contributed by atoms with van der Waals surface area (Å²) in [4.78, 5) is 21.9. The van der Waals surface area contributed by atoms with Crippen LogP contribution in [-0.4, -0.2) is 17.0 Å². The first kappa shape index (κ1) is 8.74. The quantitative estimate of drug-likeness (QED) is 0.731. The largest absolute Gasteiger partial charge is 0.481 e. The maximum absolute atomic E-state index is 11.4. The maximum atomic E-state index is 11.4. The smallest absolute Gasteiger partial charge is 0.305 e. The monoisotopic (exact) mass is 191 g/mol. The van der Waals surface area contributed by atoms with Gasteiger partial charge in [0.05, 0.1) is 12.5 Å². The van der Waals surface area contributed by atoms with Crippen molar-refractivity contribution in [2.75, 3.05) is 0 Å². The zero-order chi connectivity index (χ0) is 10.1. The highest BCUT2D eigenvalue weighted by Gasteiger charge is 2.29. The molecule has 2 N–H and O–H groups in total. The Morgan fingerprint density at radius 1 is 1.43 bits per heavy atom. The molecule has 0 fully saturated rings. The fraction of sp³-hybridized carbons (Fsp3) is 0.200. The molecule has 14 heavy (non-hydrogen) atoms. The highest BCUT2D eigenvalue weighted by atomic mass is 16.4. The predicted octanol–water partition coefficient (Wildman–Crippen LogP) is 0.946. The predicted molar refractivity (Wildman–Crippen MR) is 48.9 cm³/mol. The van der Waals surface area contributed by atoms with Gasteiger partial charge in [-0.05, 0) is 11.6 Å². The van der Waals surface area contributed by atoms with Crippen LogP contribution >= 0.6 is 0 Å². The van der Waals surface area contributed by atoms with E-state index >= 15 is 0 Å². The van der Waals surface area contributed by atoms with Gasteiger partial charge < -0.3 is 10.4 Å². The van der Waals surface area contributed by atoms with Crippen molar-refractivity contribution >= 4 is 11.9 Å². The molecule has 1 heterocycles. The summed E-state index contributed by atoms with van der Waals surface area (Å²) in [5, 5.41) is 11.3. The van der Waals surface area contributed by atoms with Crippen molar-refractivity contribution in [2.45, 2.75) is 12.5 Å². The van der Waals surface area contributed by atoms with Crippen LogP contribution in [0.2, 0.25) is 0 Å². The van der Waals surface area contributed by atoms with Crippen LogP contribution in [0.25, 0.3) is 0 Å². The lowest BCUT2D eigenvalue weighted by Crippen LogP contribution is -2.21. The first-order chi connectivity index (χ1) is 6.68. The van der Waals surface area contributed by atoms with Crippen LogP contribution in [0.3, 0.4) is 0 Å². The molecule has 2 rings (SSSR count). The molecule has 4 heteroatoms. The van der Waals surface area contributed by atoms with Gasteiger partial charge in [-0.15, -0.1) is 0 Å². The van der Waals surface area contributed by atoms with E-state index in [0.29, 0.717) is 5.56 Å². The molecule has 1 unspecified atom stereocenters. The number of fused-ring (bicyclic) bond motifs is 1. The minimum atomic E-state index is -0.910. The molecule has 1 aromatic rings. The summed E-state index contributed by atoms with van der Waals surface area (Å²) in [5.74, 6) is -1.10. The normalized spacial score (nSPS) is 18.9. The molecule has 0 aliphatic carbocycles. The number of aliphatic carboxylic acids is 1. The van der Waals surface area contributed by atoms with Crippen LogP contribution in [0.1, 0.15) is 28.4 Å². The van der Waals surface area contributed by atoms with Crippen LogP contribution in [-0.2, 0) is 4.79 Å². The van der Waals surface area contributed by atoms with Gasteiger partial charge in [0.2, 0.25) is 0 Å². The third-order valence-corrected chi connectivity index (χ3v) is 2.26. The number of amides is 1. The Balaban J connectivity index is 2.34. The number of carbonyl (C=O) groups is 2. The summed E-state index contributed by atoms with van der Waals surface area (Å²) in [6, 6.07) is 6.67. The molecule has 1 aliphatic rings. The van der Waals surface area contributed by atoms with Crippen molar-refractivity contribution in [3.05, 3.63) is 35.4 Å². The lowest BCUT2D eigenvalue weighted by Gasteiger charge is -2.07. The summed E-state index contributed by atoms with van der Waals surface area (Å²) in [7, 11) is 0. The van der Waals surface area contributed by atoms with Crippen molar-refractivity contribution in [2.24, 2.45) is 0 Å². The fourth-order valence-corrected chi connectivity index (χ4v) is 1.66. The first-order valence-electron chi connectivity index (χ1n) is 4.30. The van der Waals surface area contributed by atoms with Crippen molar-refractivity contribution in [1.82, 2.24) is 5.32 Å². The fourth-order valence-electron chi connectivity index (χ4n) is 1.66. The number of carboxylic acid groups (broad SMARTS) is 1. The Morgan fingerprint density at radius 3 is 2.86 bits per heavy atom. The van der Waals surface area contributed by atoms with E-state index < -0.39 is 5.97 Å². The average molecular weight is 191 g/mol. The van der Waals surface area contributed by atoms with Crippen molar-refractivity contribution in [3.63, 3.8) is 0 Å². The van der Waals surface area contributed by atoms with Gasteiger partial charge in [0.1, 0.15) is 0 Å². The highest BCUT2D eigenvalue weighted by molar-refractivity contribution is 5.99. The second-order valence-electron chi connectivity index (χ2n) is 3.21. The summed E-state index contributed by atoms with van der Waals surface area (Å²) in [6.07, 6.45) is -0.0667. The molecule has 0 spiro atoms. The van der Waals surface area contributed by atoms with Crippen molar-refractivity contribution in [3.8, 4) is 0 Å². The summed E-state index contributed by atoms with van der Waals surface area (Å²) in [5.41, 5.74) is 1.36. The van der Waals surface area contributed by atoms with Crippen molar-refractivity contribution < 1.29 is 14.7 Å². The minimum absolute atomic E-state index is 0.0667. The van der Waals surface area contributed by atoms with Crippen LogP contribution in [0, 0.1) is 0 Å². The van der Waals surface area contributed by atoms with E-state index in [0.717, 1.165) is 5.56 Å². The number of benzene rings is 1. The molecule has 0 radical (unpaired) electrons. The molecular weight excluding hydrogens is 182 g/mol. The number of nitrogens with one attached hydrogen (secondary N) is 1. The van der Waals surface area contributed by atoms with E-state index in [1.165, 1.54) is 0 Å². The van der Waals surface area contributed by atoms with Crippen LogP contribution in [0.15, 0.2) is 24.3 Å². The lowest BCUT2D eigenvalue weighted by atomic mass is 10.0. The van der Waals surface area contributed by atoms with E-state index in [-0.39, 0.29) is 18.4 Å². The van der Waals surface area contributed by atoms with Gasteiger partial charge >= 0.3 is 5.97 Å². The maximum Gasteiger partial charge on any atom is 0.305 e. The topological polar surface area (TPSA) is 66.4 Å². The van der Waals surface area contributed by atoms with E-state index in [1.54, 1.807) is 24.3 Å². The van der Waals surface area contributed by atoms with Gasteiger partial charge in [-0.25, -0.2) is 0 Å². The molecular formula is C10H9NO3. The van der Waals surface area contributed by atoms with Crippen LogP contribution in [0.4, 0.5) is 0 Å². The lowest BCUT2D eigenvalue weighted by molar-refractivity contribution is -0.137. The highest BCUT2D eigenvalue weighted by Crippen LogP contribution is 2.27. The summed E-state index contributed by atoms with van der Waals surface area (Å²) in [6.45, 7) is 0. The molecule has 1 aliphatic heterocycles. The molecule has 1 amide bonds. The van der Waals surface area contributed by atoms with Crippen LogP contribution in [0.5, 0.6) is 0 Å². The SMILES string of the molecule is O=C(O)CC1NC(=O)c2ccccc21. The number of hydrogen-bond donors (Lipinski definition) is 2. The van der Waals surface area contributed by atoms with Gasteiger partial charge in [-0.3, -0.25) is 9.59 Å². The molecule has 0 aromatic heterocycles. The molecule has 0 saturated carbocycles. The standard InChI is InChI=1S/C10H9NO3/c12-9(13)5-8-6-3-1-2-4-7(6)10(14)11-8/h1-4,8H,5H2,(H,11,14)(H,12,13). The van der Waals surface area contributed by atoms with E-state index in [9.17, 15) is 9.59 Å². The third kappa shape index (κ3) is 1.35. The third-order valence-electron chi connectivity index (χ3n) is 2.26. The Labute approximate surface area is 80.6 Å². The van der Waals surface area contributed by atoms with Gasteiger partial charge in [-0.2, -0.15) is 0 Å². The number of carboxylic acids is 1. The molecule has 0 saturated heterocycles. The van der Waals surface area contributed by atoms with E-state index in [4.69, 9.17) is 5.11 Å². The average Bonchev–Trinajstić information content (AvgIpc) is 2.44. The number of carbonyl (C=O) groups excluding carboxylic acids is 1. The molecule has 1 atom stereocenters. The molecule has 0 bridgehead atoms. The van der Waals surface area contributed by atoms with Gasteiger partial charge in [0, 0.05) is 5.56 Å². The Bertz CT molecular complexity index is 398. The Kier molecular flexibility index (Phi) is 1.96. The molecule has 4 nitrogen and oxygen atoms in total. The summed E-state index contributed by atoms with van der Waals surface area (Å²) < 4.78 is 0. The van der Waals surface area contributed by atoms with E-state index in [2.05, 4.69) is 5.32 Å². The van der Waals surface area contributed by atoms with Gasteiger partial charge in [0.25, 0.3) is 5.91 Å². The Morgan fingerprint density at radius 2 is 2.14 bits per heavy atom. The molecule has 1 aromatic carbocycles. The zero-order valence-corrected chi connectivity index (χ0v) is 7.36. The Hall–Kier alpha value is -1.84. The van der Waals surface area contributed by atoms with Gasteiger partial charge in [-0.1, -0.05) is 18.2 Å². The molecule has 72 valence electrons. The second kappa shape index (κ2) is 3.14. The first-order valence-corrected chi connectivity index (χ1v) is 4.30. The summed E-state index contributed by atoms with van der Waals surface area (Å²) >= 11 is 0. The minimum Gasteiger partial charge on any atom is -0.481 e. The van der Waals surface area contributed by atoms with E-state index in [1.807, 2.05) is 0 Å². The van der Waals surface area contributed by atoms with Crippen molar-refractivity contribution in [1.29, 1.82) is 0 Å². The van der Waals surface area contributed by atoms with Gasteiger partial charge in [0.15, 0.2) is 0 Å². The van der Waals surface area contributed by atoms with Crippen LogP contribution < -0.4 is 5.32 Å². The number of rotatable bonds is 2. The zero-order valence-electron chi connectivity index (χ0n) is 7.36.